The predicted octanol–water partition coefficient (Wildman–Crippen LogP) is -1.91. The van der Waals surface area contributed by atoms with Crippen LogP contribution in [0.3, 0.4) is 0 Å². The van der Waals surface area contributed by atoms with Crippen molar-refractivity contribution < 1.29 is 0 Å². The van der Waals surface area contributed by atoms with E-state index in [0.717, 1.165) is 0 Å². The third-order valence-corrected chi connectivity index (χ3v) is 2.23. The lowest BCUT2D eigenvalue weighted by molar-refractivity contribution is 0.551. The molecule has 0 aliphatic heterocycles. The first kappa shape index (κ1) is 9.57. The van der Waals surface area contributed by atoms with Gasteiger partial charge in [0.25, 0.3) is 5.56 Å². The van der Waals surface area contributed by atoms with E-state index >= 15 is 0 Å². The third-order valence-electron chi connectivity index (χ3n) is 2.23. The van der Waals surface area contributed by atoms with Gasteiger partial charge >= 0.3 is 0 Å². The number of nitrogens with zero attached hydrogens (tertiary/aromatic N) is 8. The summed E-state index contributed by atoms with van der Waals surface area (Å²) in [6, 6.07) is 0. The number of aromatic amines is 1. The normalized spacial score (nSPS) is 11.1. The van der Waals surface area contributed by atoms with Crippen molar-refractivity contribution in [3.63, 3.8) is 0 Å². The summed E-state index contributed by atoms with van der Waals surface area (Å²) in [6.45, 7) is 0.277. The van der Waals surface area contributed by atoms with Gasteiger partial charge < -0.3 is 4.98 Å². The van der Waals surface area contributed by atoms with Crippen molar-refractivity contribution >= 4 is 11.2 Å². The lowest BCUT2D eigenvalue weighted by atomic mass is 10.6. The van der Waals surface area contributed by atoms with Crippen LogP contribution < -0.4 is 5.56 Å². The molecular weight excluding hydrogens is 226 g/mol. The van der Waals surface area contributed by atoms with E-state index in [0.29, 0.717) is 11.5 Å². The number of tetrazole rings is 1. The fraction of sp³-hybridized carbons (Fsp3) is 0.286. The van der Waals surface area contributed by atoms with Crippen LogP contribution in [0.2, 0.25) is 0 Å². The van der Waals surface area contributed by atoms with Crippen molar-refractivity contribution in [3.8, 4) is 0 Å². The molecule has 0 aliphatic carbocycles. The molecule has 10 heteroatoms. The zero-order valence-electron chi connectivity index (χ0n) is 8.77. The monoisotopic (exact) mass is 233 g/mol. The molecule has 0 fully saturated rings. The summed E-state index contributed by atoms with van der Waals surface area (Å²) in [6.07, 6.45) is 1.29. The Morgan fingerprint density at radius 1 is 1.41 bits per heavy atom. The van der Waals surface area contributed by atoms with Gasteiger partial charge in [0, 0.05) is 7.05 Å². The molecule has 3 aromatic heterocycles. The van der Waals surface area contributed by atoms with E-state index in [9.17, 15) is 4.79 Å². The van der Waals surface area contributed by atoms with Crippen molar-refractivity contribution in [1.29, 1.82) is 0 Å². The van der Waals surface area contributed by atoms with Gasteiger partial charge in [-0.25, -0.2) is 9.67 Å². The number of fused-ring (bicyclic) bond motifs is 1. The van der Waals surface area contributed by atoms with Crippen LogP contribution in [0.25, 0.3) is 11.2 Å². The van der Waals surface area contributed by atoms with Gasteiger partial charge in [0.05, 0.1) is 6.33 Å². The van der Waals surface area contributed by atoms with Crippen LogP contribution in [0.15, 0.2) is 11.1 Å². The van der Waals surface area contributed by atoms with Crippen molar-refractivity contribution in [2.75, 3.05) is 0 Å². The summed E-state index contributed by atoms with van der Waals surface area (Å²) < 4.78 is 1.51. The highest BCUT2D eigenvalue weighted by Crippen LogP contribution is 1.99. The van der Waals surface area contributed by atoms with Crippen molar-refractivity contribution in [2.24, 2.45) is 7.05 Å². The minimum absolute atomic E-state index is 0.197. The van der Waals surface area contributed by atoms with Crippen LogP contribution in [0, 0.1) is 0 Å². The molecule has 0 amide bonds. The van der Waals surface area contributed by atoms with Gasteiger partial charge in [-0.2, -0.15) is 4.80 Å². The third kappa shape index (κ3) is 1.55. The molecule has 0 spiro atoms. The minimum Gasteiger partial charge on any atom is -0.311 e. The summed E-state index contributed by atoms with van der Waals surface area (Å²) >= 11 is 0. The van der Waals surface area contributed by atoms with Crippen LogP contribution in [0.5, 0.6) is 0 Å². The fourth-order valence-electron chi connectivity index (χ4n) is 1.37. The molecular formula is C7H7N9O. The number of rotatable bonds is 2. The first-order valence-electron chi connectivity index (χ1n) is 4.74. The molecule has 3 heterocycles. The smallest absolute Gasteiger partial charge is 0.280 e. The molecule has 86 valence electrons. The van der Waals surface area contributed by atoms with Crippen LogP contribution in [0.4, 0.5) is 0 Å². The molecule has 0 aliphatic rings. The van der Waals surface area contributed by atoms with E-state index in [1.807, 2.05) is 0 Å². The fourth-order valence-corrected chi connectivity index (χ4v) is 1.37. The maximum atomic E-state index is 11.4. The maximum Gasteiger partial charge on any atom is 0.280 e. The Labute approximate surface area is 93.3 Å². The molecule has 17 heavy (non-hydrogen) atoms. The number of aryl methyl sites for hydroxylation is 1. The van der Waals surface area contributed by atoms with Gasteiger partial charge in [-0.1, -0.05) is 0 Å². The molecule has 3 rings (SSSR count). The number of nitrogens with one attached hydrogen (secondary N) is 1. The Hall–Kier alpha value is -2.65. The Bertz CT molecular complexity index is 722. The van der Waals surface area contributed by atoms with Crippen molar-refractivity contribution in [3.05, 3.63) is 22.5 Å². The summed E-state index contributed by atoms with van der Waals surface area (Å²) in [5.41, 5.74) is 0.170. The lowest BCUT2D eigenvalue weighted by Crippen LogP contribution is -2.10. The zero-order chi connectivity index (χ0) is 11.8. The van der Waals surface area contributed by atoms with Crippen LogP contribution in [-0.2, 0) is 13.6 Å². The molecule has 0 saturated heterocycles. The van der Waals surface area contributed by atoms with Crippen LogP contribution in [0.1, 0.15) is 5.82 Å². The number of hydrogen-bond donors (Lipinski definition) is 1. The van der Waals surface area contributed by atoms with Gasteiger partial charge in [-0.15, -0.1) is 15.3 Å². The Morgan fingerprint density at radius 3 is 3.00 bits per heavy atom. The maximum absolute atomic E-state index is 11.4. The summed E-state index contributed by atoms with van der Waals surface area (Å²) in [5, 5.41) is 19.1. The Kier molecular flexibility index (Phi) is 1.93. The predicted molar refractivity (Wildman–Crippen MR) is 53.8 cm³/mol. The Balaban J connectivity index is 2.05. The van der Waals surface area contributed by atoms with Gasteiger partial charge in [-0.3, -0.25) is 4.79 Å². The van der Waals surface area contributed by atoms with Crippen molar-refractivity contribution in [2.45, 2.75) is 6.54 Å². The SMILES string of the molecule is Cn1nnnc1Cn1nc2nc[nH]c(=O)c2n1. The molecule has 3 aromatic rings. The standard InChI is InChI=1S/C7H7N9O/c1-15-4(10-13-14-15)2-16-11-5-6(12-16)8-3-9-7(5)17/h3H,2H2,1H3,(H,8,9,12,17). The first-order valence-corrected chi connectivity index (χ1v) is 4.74. The van der Waals surface area contributed by atoms with Crippen LogP contribution >= 0.6 is 0 Å². The number of aromatic nitrogens is 9. The Morgan fingerprint density at radius 2 is 2.29 bits per heavy atom. The van der Waals surface area contributed by atoms with Gasteiger partial charge in [0.2, 0.25) is 5.65 Å². The van der Waals surface area contributed by atoms with Crippen molar-refractivity contribution in [1.82, 2.24) is 45.2 Å². The summed E-state index contributed by atoms with van der Waals surface area (Å²) in [7, 11) is 1.71. The second-order valence-corrected chi connectivity index (χ2v) is 3.35. The first-order chi connectivity index (χ1) is 8.24. The van der Waals surface area contributed by atoms with Crippen LogP contribution in [-0.4, -0.2) is 45.2 Å². The highest BCUT2D eigenvalue weighted by molar-refractivity contribution is 5.66. The number of H-pyrrole nitrogens is 1. The van der Waals surface area contributed by atoms with Gasteiger partial charge in [0.15, 0.2) is 11.3 Å². The average Bonchev–Trinajstić information content (AvgIpc) is 2.87. The van der Waals surface area contributed by atoms with E-state index in [1.54, 1.807) is 7.05 Å². The molecule has 0 bridgehead atoms. The molecule has 10 nitrogen and oxygen atoms in total. The number of hydrogen-bond acceptors (Lipinski definition) is 7. The van der Waals surface area contributed by atoms with E-state index in [1.165, 1.54) is 15.8 Å². The molecule has 0 saturated carbocycles. The zero-order valence-corrected chi connectivity index (χ0v) is 8.77. The second-order valence-electron chi connectivity index (χ2n) is 3.35. The van der Waals surface area contributed by atoms with E-state index in [-0.39, 0.29) is 17.6 Å². The molecule has 1 N–H and O–H groups in total. The van der Waals surface area contributed by atoms with E-state index < -0.39 is 0 Å². The van der Waals surface area contributed by atoms with Gasteiger partial charge in [0.1, 0.15) is 6.54 Å². The molecule has 0 atom stereocenters. The highest BCUT2D eigenvalue weighted by atomic mass is 16.1. The minimum atomic E-state index is -0.322. The topological polar surface area (TPSA) is 120 Å². The quantitative estimate of drug-likeness (QED) is 0.548. The average molecular weight is 233 g/mol. The molecule has 0 aromatic carbocycles. The molecule has 0 radical (unpaired) electrons. The van der Waals surface area contributed by atoms with E-state index in [4.69, 9.17) is 0 Å². The second kappa shape index (κ2) is 3.43. The van der Waals surface area contributed by atoms with Gasteiger partial charge in [-0.05, 0) is 10.4 Å². The summed E-state index contributed by atoms with van der Waals surface area (Å²) in [5.74, 6) is 0.585. The summed E-state index contributed by atoms with van der Waals surface area (Å²) in [4.78, 5) is 19.1. The highest BCUT2D eigenvalue weighted by Gasteiger charge is 2.10. The molecule has 0 unspecified atom stereocenters. The lowest BCUT2D eigenvalue weighted by Gasteiger charge is -1.95. The van der Waals surface area contributed by atoms with E-state index in [2.05, 4.69) is 35.7 Å². The largest absolute Gasteiger partial charge is 0.311 e.